The third-order valence-electron chi connectivity index (χ3n) is 5.09. The van der Waals surface area contributed by atoms with Gasteiger partial charge in [-0.15, -0.1) is 0 Å². The number of carboxylic acids is 1. The number of carboxylic acid groups (broad SMARTS) is 1. The van der Waals surface area contributed by atoms with Crippen LogP contribution in [0.3, 0.4) is 0 Å². The lowest BCUT2D eigenvalue weighted by Gasteiger charge is -2.15. The number of nitrogens with one attached hydrogen (secondary N) is 2. The molecule has 0 amide bonds. The van der Waals surface area contributed by atoms with Gasteiger partial charge in [0.2, 0.25) is 5.95 Å². The molecule has 3 rings (SSSR count). The second-order valence-corrected chi connectivity index (χ2v) is 8.10. The Hall–Kier alpha value is -4.22. The minimum Gasteiger partial charge on any atom is -0.478 e. The quantitative estimate of drug-likeness (QED) is 0.301. The average molecular weight is 457 g/mol. The molecule has 0 spiro atoms. The lowest BCUT2D eigenvalue weighted by Crippen LogP contribution is -2.17. The van der Waals surface area contributed by atoms with Crippen molar-refractivity contribution in [3.05, 3.63) is 71.4 Å². The van der Waals surface area contributed by atoms with Crippen molar-refractivity contribution in [3.8, 4) is 17.2 Å². The maximum absolute atomic E-state index is 10.9. The molecule has 2 aromatic carbocycles. The molecule has 1 heterocycles. The van der Waals surface area contributed by atoms with Crippen molar-refractivity contribution in [2.45, 2.75) is 13.3 Å². The highest BCUT2D eigenvalue weighted by atomic mass is 16.4. The molecule has 0 aliphatic carbocycles. The zero-order valence-electron chi connectivity index (χ0n) is 19.5. The van der Waals surface area contributed by atoms with E-state index in [1.807, 2.05) is 57.4 Å². The Morgan fingerprint density at radius 1 is 1.24 bits per heavy atom. The lowest BCUT2D eigenvalue weighted by molar-refractivity contribution is -0.131. The van der Waals surface area contributed by atoms with Gasteiger partial charge in [-0.05, 0) is 75.0 Å². The number of nitrogens with zero attached hydrogens (tertiary/aromatic N) is 4. The first-order valence-corrected chi connectivity index (χ1v) is 10.9. The van der Waals surface area contributed by atoms with Gasteiger partial charge in [-0.2, -0.15) is 10.2 Å². The first-order valence-electron chi connectivity index (χ1n) is 10.9. The Morgan fingerprint density at radius 3 is 2.79 bits per heavy atom. The molecule has 0 atom stereocenters. The molecule has 34 heavy (non-hydrogen) atoms. The van der Waals surface area contributed by atoms with Gasteiger partial charge in [0.15, 0.2) is 0 Å². The molecule has 0 aliphatic rings. The number of aromatic nitrogens is 2. The van der Waals surface area contributed by atoms with Gasteiger partial charge in [-0.1, -0.05) is 24.3 Å². The van der Waals surface area contributed by atoms with Crippen LogP contribution in [0, 0.1) is 18.3 Å². The summed E-state index contributed by atoms with van der Waals surface area (Å²) in [4.78, 5) is 22.2. The van der Waals surface area contributed by atoms with Crippen molar-refractivity contribution in [3.63, 3.8) is 0 Å². The fraction of sp³-hybridized carbons (Fsp3) is 0.231. The third-order valence-corrected chi connectivity index (χ3v) is 5.09. The summed E-state index contributed by atoms with van der Waals surface area (Å²) in [6.07, 6.45) is 5.34. The minimum absolute atomic E-state index is 0.411. The maximum Gasteiger partial charge on any atom is 0.328 e. The number of carbonyl (C=O) groups is 1. The molecule has 0 aliphatic heterocycles. The highest BCUT2D eigenvalue weighted by Gasteiger charge is 2.11. The monoisotopic (exact) mass is 456 g/mol. The highest BCUT2D eigenvalue weighted by Crippen LogP contribution is 2.29. The molecule has 1 aromatic heterocycles. The molecule has 0 saturated carbocycles. The van der Waals surface area contributed by atoms with E-state index in [9.17, 15) is 10.1 Å². The number of aliphatic carboxylic acids is 1. The Labute approximate surface area is 199 Å². The van der Waals surface area contributed by atoms with Gasteiger partial charge in [0, 0.05) is 30.1 Å². The van der Waals surface area contributed by atoms with E-state index in [1.165, 1.54) is 0 Å². The van der Waals surface area contributed by atoms with Crippen molar-refractivity contribution >= 4 is 29.5 Å². The topological polar surface area (TPSA) is 114 Å². The molecule has 0 unspecified atom stereocenters. The number of nitriles is 1. The van der Waals surface area contributed by atoms with E-state index in [0.717, 1.165) is 53.5 Å². The predicted molar refractivity (Wildman–Crippen MR) is 135 cm³/mol. The summed E-state index contributed by atoms with van der Waals surface area (Å²) in [5.41, 5.74) is 4.68. The fourth-order valence-corrected chi connectivity index (χ4v) is 3.32. The standard InChI is InChI=1S/C26H28N6O2/c1-18-8-10-22(15-21(18)16-27)30-26-29-17-23(25(31-26)28-12-5-13-32(2)3)20-7-4-6-19(14-20)9-11-24(33)34/h4,6-11,14-15,17H,5,12-13H2,1-3H3,(H,33,34)(H2,28,29,30,31)/b11-9+. The maximum atomic E-state index is 10.9. The van der Waals surface area contributed by atoms with Crippen LogP contribution in [0.2, 0.25) is 0 Å². The summed E-state index contributed by atoms with van der Waals surface area (Å²) in [6, 6.07) is 15.3. The van der Waals surface area contributed by atoms with E-state index in [-0.39, 0.29) is 0 Å². The van der Waals surface area contributed by atoms with E-state index in [4.69, 9.17) is 10.1 Å². The zero-order valence-corrected chi connectivity index (χ0v) is 19.5. The Balaban J connectivity index is 1.92. The molecular formula is C26H28N6O2. The number of aryl methyl sites for hydroxylation is 1. The van der Waals surface area contributed by atoms with Gasteiger partial charge >= 0.3 is 5.97 Å². The largest absolute Gasteiger partial charge is 0.478 e. The molecule has 174 valence electrons. The summed E-state index contributed by atoms with van der Waals surface area (Å²) >= 11 is 0. The molecule has 0 radical (unpaired) electrons. The summed E-state index contributed by atoms with van der Waals surface area (Å²) in [5.74, 6) is 0.0832. The summed E-state index contributed by atoms with van der Waals surface area (Å²) in [6.45, 7) is 3.56. The molecule has 0 bridgehead atoms. The number of anilines is 3. The van der Waals surface area contributed by atoms with E-state index in [0.29, 0.717) is 17.3 Å². The van der Waals surface area contributed by atoms with E-state index < -0.39 is 5.97 Å². The predicted octanol–water partition coefficient (Wildman–Crippen LogP) is 4.53. The smallest absolute Gasteiger partial charge is 0.328 e. The second kappa shape index (κ2) is 11.6. The summed E-state index contributed by atoms with van der Waals surface area (Å²) in [5, 5.41) is 24.8. The minimum atomic E-state index is -0.997. The summed E-state index contributed by atoms with van der Waals surface area (Å²) < 4.78 is 0. The normalized spacial score (nSPS) is 10.9. The number of rotatable bonds is 10. The average Bonchev–Trinajstić information content (AvgIpc) is 2.82. The van der Waals surface area contributed by atoms with E-state index in [1.54, 1.807) is 18.3 Å². The summed E-state index contributed by atoms with van der Waals surface area (Å²) in [7, 11) is 4.07. The molecule has 8 heteroatoms. The van der Waals surface area contributed by atoms with Gasteiger partial charge in [0.1, 0.15) is 5.82 Å². The first kappa shape index (κ1) is 24.4. The number of benzene rings is 2. The third kappa shape index (κ3) is 6.89. The molecule has 3 N–H and O–H groups in total. The number of hydrogen-bond acceptors (Lipinski definition) is 7. The van der Waals surface area contributed by atoms with Crippen molar-refractivity contribution in [2.75, 3.05) is 37.8 Å². The van der Waals surface area contributed by atoms with Crippen LogP contribution >= 0.6 is 0 Å². The Morgan fingerprint density at radius 2 is 2.06 bits per heavy atom. The first-order chi connectivity index (χ1) is 16.4. The lowest BCUT2D eigenvalue weighted by atomic mass is 10.0. The van der Waals surface area contributed by atoms with Gasteiger partial charge in [0.25, 0.3) is 0 Å². The van der Waals surface area contributed by atoms with E-state index >= 15 is 0 Å². The molecular weight excluding hydrogens is 428 g/mol. The second-order valence-electron chi connectivity index (χ2n) is 8.10. The Kier molecular flexibility index (Phi) is 8.32. The molecule has 3 aromatic rings. The van der Waals surface area contributed by atoms with Crippen LogP contribution < -0.4 is 10.6 Å². The van der Waals surface area contributed by atoms with Gasteiger partial charge in [-0.25, -0.2) is 9.78 Å². The van der Waals surface area contributed by atoms with Crippen LogP contribution in [0.25, 0.3) is 17.2 Å². The van der Waals surface area contributed by atoms with Crippen molar-refractivity contribution in [2.24, 2.45) is 0 Å². The van der Waals surface area contributed by atoms with Crippen molar-refractivity contribution < 1.29 is 9.90 Å². The molecule has 0 fully saturated rings. The van der Waals surface area contributed by atoms with E-state index in [2.05, 4.69) is 26.6 Å². The highest BCUT2D eigenvalue weighted by molar-refractivity contribution is 5.86. The van der Waals surface area contributed by atoms with Crippen LogP contribution in [-0.2, 0) is 4.79 Å². The van der Waals surface area contributed by atoms with Crippen LogP contribution in [0.4, 0.5) is 17.5 Å². The van der Waals surface area contributed by atoms with Gasteiger partial charge in [0.05, 0.1) is 11.6 Å². The molecule has 0 saturated heterocycles. The van der Waals surface area contributed by atoms with Gasteiger partial charge in [-0.3, -0.25) is 0 Å². The van der Waals surface area contributed by atoms with Crippen LogP contribution in [0.5, 0.6) is 0 Å². The fourth-order valence-electron chi connectivity index (χ4n) is 3.32. The van der Waals surface area contributed by atoms with Crippen LogP contribution in [0.1, 0.15) is 23.1 Å². The van der Waals surface area contributed by atoms with Crippen molar-refractivity contribution in [1.29, 1.82) is 5.26 Å². The van der Waals surface area contributed by atoms with Crippen LogP contribution in [0.15, 0.2) is 54.7 Å². The Bertz CT molecular complexity index is 1230. The van der Waals surface area contributed by atoms with Crippen LogP contribution in [-0.4, -0.2) is 53.1 Å². The SMILES string of the molecule is Cc1ccc(Nc2ncc(-c3cccc(/C=C/C(=O)O)c3)c(NCCCN(C)C)n2)cc1C#N. The van der Waals surface area contributed by atoms with Gasteiger partial charge < -0.3 is 20.6 Å². The zero-order chi connectivity index (χ0) is 24.5. The number of hydrogen-bond donors (Lipinski definition) is 3. The molecule has 8 nitrogen and oxygen atoms in total. The van der Waals surface area contributed by atoms with Crippen molar-refractivity contribution in [1.82, 2.24) is 14.9 Å².